The second-order valence-electron chi connectivity index (χ2n) is 4.63. The van der Waals surface area contributed by atoms with Crippen molar-refractivity contribution in [3.8, 4) is 6.01 Å². The van der Waals surface area contributed by atoms with Crippen LogP contribution >= 0.6 is 0 Å². The summed E-state index contributed by atoms with van der Waals surface area (Å²) in [5, 5.41) is 10.9. The first kappa shape index (κ1) is 14.0. The molecule has 0 aromatic carbocycles. The van der Waals surface area contributed by atoms with Crippen LogP contribution in [0.25, 0.3) is 0 Å². The van der Waals surface area contributed by atoms with E-state index in [1.54, 1.807) is 6.33 Å². The summed E-state index contributed by atoms with van der Waals surface area (Å²) in [4.78, 5) is 12.1. The monoisotopic (exact) mass is 278 g/mol. The van der Waals surface area contributed by atoms with Crippen LogP contribution in [-0.4, -0.2) is 35.8 Å². The lowest BCUT2D eigenvalue weighted by atomic mass is 10.3. The normalized spacial score (nSPS) is 12.4. The highest BCUT2D eigenvalue weighted by Crippen LogP contribution is 2.16. The number of nitrogens with two attached hydrogens (primary N) is 1. The molecule has 0 aliphatic rings. The van der Waals surface area contributed by atoms with Crippen molar-refractivity contribution in [3.05, 3.63) is 12.2 Å². The molecule has 9 nitrogen and oxygen atoms in total. The minimum absolute atomic E-state index is 0.0409. The highest BCUT2D eigenvalue weighted by molar-refractivity contribution is 5.34. The summed E-state index contributed by atoms with van der Waals surface area (Å²) in [6.45, 7) is 5.69. The van der Waals surface area contributed by atoms with Gasteiger partial charge in [0.05, 0.1) is 12.1 Å². The predicted octanol–water partition coefficient (Wildman–Crippen LogP) is 0.543. The molecule has 2 aromatic heterocycles. The molecule has 0 aliphatic carbocycles. The lowest BCUT2D eigenvalue weighted by Gasteiger charge is -2.14. The van der Waals surface area contributed by atoms with E-state index in [0.717, 1.165) is 5.82 Å². The number of anilines is 2. The summed E-state index contributed by atoms with van der Waals surface area (Å²) in [6.07, 6.45) is 1.59. The van der Waals surface area contributed by atoms with Gasteiger partial charge in [0.15, 0.2) is 5.82 Å². The Bertz CT molecular complexity index is 582. The molecule has 20 heavy (non-hydrogen) atoms. The van der Waals surface area contributed by atoms with Gasteiger partial charge in [0.25, 0.3) is 0 Å². The molecule has 0 aliphatic heterocycles. The van der Waals surface area contributed by atoms with Crippen LogP contribution in [0.1, 0.15) is 32.6 Å². The molecule has 9 heteroatoms. The lowest BCUT2D eigenvalue weighted by Crippen LogP contribution is -2.16. The van der Waals surface area contributed by atoms with Gasteiger partial charge in [-0.1, -0.05) is 0 Å². The van der Waals surface area contributed by atoms with Crippen molar-refractivity contribution < 1.29 is 4.74 Å². The number of hydrogen-bond acceptors (Lipinski definition) is 8. The number of rotatable bonds is 5. The molecule has 0 saturated heterocycles. The Morgan fingerprint density at radius 1 is 1.25 bits per heavy atom. The Kier molecular flexibility index (Phi) is 3.97. The maximum Gasteiger partial charge on any atom is 0.323 e. The van der Waals surface area contributed by atoms with Crippen molar-refractivity contribution in [2.45, 2.75) is 32.9 Å². The van der Waals surface area contributed by atoms with E-state index >= 15 is 0 Å². The topological polar surface area (TPSA) is 117 Å². The fraction of sp³-hybridized carbons (Fsp3) is 0.545. The number of aromatic nitrogens is 6. The van der Waals surface area contributed by atoms with Gasteiger partial charge in [0, 0.05) is 7.05 Å². The molecule has 0 radical (unpaired) electrons. The zero-order valence-corrected chi connectivity index (χ0v) is 11.9. The number of nitrogen functional groups attached to an aromatic ring is 1. The molecule has 0 fully saturated rings. The highest BCUT2D eigenvalue weighted by Gasteiger charge is 2.14. The average Bonchev–Trinajstić information content (AvgIpc) is 2.73. The quantitative estimate of drug-likeness (QED) is 0.814. The zero-order valence-electron chi connectivity index (χ0n) is 11.9. The van der Waals surface area contributed by atoms with Crippen molar-refractivity contribution in [1.29, 1.82) is 0 Å². The number of ether oxygens (including phenoxy) is 1. The van der Waals surface area contributed by atoms with Crippen LogP contribution in [-0.2, 0) is 7.05 Å². The van der Waals surface area contributed by atoms with Crippen molar-refractivity contribution in [3.63, 3.8) is 0 Å². The Labute approximate surface area is 116 Å². The molecule has 2 rings (SSSR count). The third-order valence-corrected chi connectivity index (χ3v) is 2.45. The smallest absolute Gasteiger partial charge is 0.323 e. The molecular weight excluding hydrogens is 260 g/mol. The summed E-state index contributed by atoms with van der Waals surface area (Å²) < 4.78 is 7.23. The van der Waals surface area contributed by atoms with E-state index in [4.69, 9.17) is 10.5 Å². The van der Waals surface area contributed by atoms with E-state index in [2.05, 4.69) is 30.5 Å². The maximum absolute atomic E-state index is 5.64. The third-order valence-electron chi connectivity index (χ3n) is 2.45. The Morgan fingerprint density at radius 2 is 2.00 bits per heavy atom. The molecule has 2 aromatic rings. The molecule has 0 bridgehead atoms. The van der Waals surface area contributed by atoms with Crippen LogP contribution in [0.5, 0.6) is 6.01 Å². The first-order valence-corrected chi connectivity index (χ1v) is 6.24. The van der Waals surface area contributed by atoms with Crippen LogP contribution in [0.2, 0.25) is 0 Å². The fourth-order valence-electron chi connectivity index (χ4n) is 1.64. The molecule has 0 amide bonds. The largest absolute Gasteiger partial charge is 0.461 e. The Balaban J connectivity index is 2.16. The minimum atomic E-state index is -0.129. The highest BCUT2D eigenvalue weighted by atomic mass is 16.5. The van der Waals surface area contributed by atoms with Gasteiger partial charge in [-0.25, -0.2) is 0 Å². The van der Waals surface area contributed by atoms with Gasteiger partial charge in [-0.15, -0.1) is 10.2 Å². The van der Waals surface area contributed by atoms with Crippen molar-refractivity contribution in [2.75, 3.05) is 11.1 Å². The first-order chi connectivity index (χ1) is 9.45. The standard InChI is InChI=1S/C11H18N8O/c1-6(2)20-11-16-9(12)15-10(17-11)14-7(3)8-18-13-5-19(8)4/h5-7H,1-4H3,(H3,12,14,15,16,17). The second-order valence-corrected chi connectivity index (χ2v) is 4.63. The fourth-order valence-corrected chi connectivity index (χ4v) is 1.64. The molecule has 1 atom stereocenters. The minimum Gasteiger partial charge on any atom is -0.461 e. The predicted molar refractivity (Wildman–Crippen MR) is 73.0 cm³/mol. The SMILES string of the molecule is CC(C)Oc1nc(N)nc(NC(C)c2nncn2C)n1. The van der Waals surface area contributed by atoms with Crippen LogP contribution in [0.4, 0.5) is 11.9 Å². The molecule has 0 spiro atoms. The number of hydrogen-bond donors (Lipinski definition) is 2. The van der Waals surface area contributed by atoms with Gasteiger partial charge in [-0.3, -0.25) is 0 Å². The maximum atomic E-state index is 5.64. The van der Waals surface area contributed by atoms with Crippen LogP contribution in [0.15, 0.2) is 6.33 Å². The number of aryl methyl sites for hydroxylation is 1. The molecule has 0 saturated carbocycles. The van der Waals surface area contributed by atoms with Crippen molar-refractivity contribution >= 4 is 11.9 Å². The number of nitrogens with one attached hydrogen (secondary N) is 1. The van der Waals surface area contributed by atoms with E-state index in [9.17, 15) is 0 Å². The van der Waals surface area contributed by atoms with E-state index in [1.807, 2.05) is 32.4 Å². The van der Waals surface area contributed by atoms with Crippen molar-refractivity contribution in [2.24, 2.45) is 7.05 Å². The van der Waals surface area contributed by atoms with Gasteiger partial charge in [0.2, 0.25) is 11.9 Å². The van der Waals surface area contributed by atoms with E-state index in [-0.39, 0.29) is 24.1 Å². The van der Waals surface area contributed by atoms with Crippen LogP contribution in [0, 0.1) is 0 Å². The average molecular weight is 278 g/mol. The summed E-state index contributed by atoms with van der Waals surface area (Å²) in [5.74, 6) is 1.20. The molecular formula is C11H18N8O. The van der Waals surface area contributed by atoms with Crippen LogP contribution < -0.4 is 15.8 Å². The van der Waals surface area contributed by atoms with Crippen molar-refractivity contribution in [1.82, 2.24) is 29.7 Å². The van der Waals surface area contributed by atoms with E-state index in [1.165, 1.54) is 0 Å². The molecule has 2 heterocycles. The zero-order chi connectivity index (χ0) is 14.7. The lowest BCUT2D eigenvalue weighted by molar-refractivity contribution is 0.222. The summed E-state index contributed by atoms with van der Waals surface area (Å²) in [5.41, 5.74) is 5.64. The van der Waals surface area contributed by atoms with Crippen LogP contribution in [0.3, 0.4) is 0 Å². The van der Waals surface area contributed by atoms with E-state index in [0.29, 0.717) is 5.95 Å². The summed E-state index contributed by atoms with van der Waals surface area (Å²) in [7, 11) is 1.86. The van der Waals surface area contributed by atoms with E-state index < -0.39 is 0 Å². The molecule has 108 valence electrons. The van der Waals surface area contributed by atoms with Gasteiger partial charge in [0.1, 0.15) is 6.33 Å². The molecule has 3 N–H and O–H groups in total. The Morgan fingerprint density at radius 3 is 2.60 bits per heavy atom. The van der Waals surface area contributed by atoms with Gasteiger partial charge in [-0.2, -0.15) is 15.0 Å². The molecule has 1 unspecified atom stereocenters. The van der Waals surface area contributed by atoms with Gasteiger partial charge >= 0.3 is 6.01 Å². The third kappa shape index (κ3) is 3.31. The Hall–Kier alpha value is -2.45. The summed E-state index contributed by atoms with van der Waals surface area (Å²) >= 11 is 0. The van der Waals surface area contributed by atoms with Gasteiger partial charge < -0.3 is 20.4 Å². The van der Waals surface area contributed by atoms with Gasteiger partial charge in [-0.05, 0) is 20.8 Å². The second kappa shape index (κ2) is 5.68. The summed E-state index contributed by atoms with van der Waals surface area (Å²) in [6, 6.07) is 0.0661. The first-order valence-electron chi connectivity index (χ1n) is 6.24. The number of nitrogens with zero attached hydrogens (tertiary/aromatic N) is 6.